The molecule has 18 nitrogen and oxygen atoms in total. The van der Waals surface area contributed by atoms with Crippen LogP contribution in [0.15, 0.2) is 10.2 Å². The van der Waals surface area contributed by atoms with E-state index in [0.29, 0.717) is 0 Å². The van der Waals surface area contributed by atoms with Crippen molar-refractivity contribution in [3.05, 3.63) is 57.1 Å². The minimum atomic E-state index is -4.19. The Morgan fingerprint density at radius 2 is 1.23 bits per heavy atom. The van der Waals surface area contributed by atoms with Crippen molar-refractivity contribution in [3.63, 3.8) is 0 Å². The summed E-state index contributed by atoms with van der Waals surface area (Å²) < 4.78 is 0. The van der Waals surface area contributed by atoms with E-state index in [0.717, 1.165) is 0 Å². The minimum absolute atomic E-state index is 0.996. The maximum Gasteiger partial charge on any atom is 0.763 e. The van der Waals surface area contributed by atoms with Gasteiger partial charge in [0.2, 0.25) is 11.9 Å². The molecule has 18 heteroatoms. The van der Waals surface area contributed by atoms with E-state index in [9.17, 15) is 30.3 Å². The Kier molecular flexibility index (Phi) is 4.23. The fourth-order valence-corrected chi connectivity index (χ4v) is 1.12. The first-order valence-electron chi connectivity index (χ1n) is 4.61. The quantitative estimate of drug-likeness (QED) is 0.178. The molecule has 0 spiro atoms. The Morgan fingerprint density at radius 3 is 1.50 bits per heavy atom. The molecular weight excluding hydrogens is 312 g/mol. The highest BCUT2D eigenvalue weighted by molar-refractivity contribution is 5.25. The van der Waals surface area contributed by atoms with Crippen molar-refractivity contribution in [2.75, 3.05) is 0 Å². The summed E-state index contributed by atoms with van der Waals surface area (Å²) in [4.78, 5) is 40.5. The van der Waals surface area contributed by atoms with E-state index in [4.69, 9.17) is 11.1 Å². The van der Waals surface area contributed by atoms with E-state index < -0.39 is 38.3 Å². The molecule has 1 aromatic heterocycles. The molecule has 0 amide bonds. The summed E-state index contributed by atoms with van der Waals surface area (Å²) in [5, 5.41) is 38.1. The summed E-state index contributed by atoms with van der Waals surface area (Å²) in [7, 11) is 0. The van der Waals surface area contributed by atoms with E-state index in [1.54, 1.807) is 0 Å². The number of rotatable bonds is 6. The number of nitrogens with zero attached hydrogens (tertiary/aromatic N) is 12. The largest absolute Gasteiger partial charge is 0.763 e. The number of hydrogen-bond acceptors (Lipinski definition) is 11. The van der Waals surface area contributed by atoms with Gasteiger partial charge in [0.15, 0.2) is 14.8 Å². The summed E-state index contributed by atoms with van der Waals surface area (Å²) in [6, 6.07) is 0. The summed E-state index contributed by atoms with van der Waals surface area (Å²) in [5.74, 6) is -7.79. The fourth-order valence-electron chi connectivity index (χ4n) is 1.12. The van der Waals surface area contributed by atoms with Crippen LogP contribution < -0.4 is 0 Å². The molecule has 0 fully saturated rings. The van der Waals surface area contributed by atoms with Gasteiger partial charge in [-0.2, -0.15) is 9.97 Å². The Hall–Kier alpha value is -4.17. The van der Waals surface area contributed by atoms with Gasteiger partial charge in [-0.15, -0.1) is 0 Å². The molecule has 0 radical (unpaired) electrons. The normalized spacial score (nSPS) is 10.0. The monoisotopic (exact) mass is 312 g/mol. The van der Waals surface area contributed by atoms with Crippen LogP contribution in [0.5, 0.6) is 0 Å². The first kappa shape index (κ1) is 15.9. The molecular formula is C4N12O6. The molecule has 1 heterocycles. The lowest BCUT2D eigenvalue weighted by molar-refractivity contribution is -0.987. The van der Waals surface area contributed by atoms with Crippen LogP contribution in [-0.4, -0.2) is 29.7 Å². The lowest BCUT2D eigenvalue weighted by Crippen LogP contribution is -2.51. The van der Waals surface area contributed by atoms with Crippen LogP contribution in [0.3, 0.4) is 0 Å². The minimum Gasteiger partial charge on any atom is -0.252 e. The molecule has 0 saturated heterocycles. The van der Waals surface area contributed by atoms with Crippen molar-refractivity contribution in [3.8, 4) is 0 Å². The lowest BCUT2D eigenvalue weighted by atomic mass is 10.3. The molecule has 0 saturated carbocycles. The van der Waals surface area contributed by atoms with Crippen molar-refractivity contribution < 1.29 is 14.8 Å². The highest BCUT2D eigenvalue weighted by atomic mass is 16.7. The third-order valence-electron chi connectivity index (χ3n) is 1.94. The molecule has 22 heavy (non-hydrogen) atoms. The molecule has 0 N–H and O–H groups in total. The number of aromatic nitrogens is 3. The van der Waals surface area contributed by atoms with Crippen molar-refractivity contribution in [1.29, 1.82) is 0 Å². The average molecular weight is 312 g/mol. The maximum atomic E-state index is 10.9. The topological polar surface area (TPSA) is 266 Å². The van der Waals surface area contributed by atoms with E-state index >= 15 is 0 Å². The summed E-state index contributed by atoms with van der Waals surface area (Å²) >= 11 is 0. The van der Waals surface area contributed by atoms with E-state index in [1.807, 2.05) is 0 Å². The second-order valence-corrected chi connectivity index (χ2v) is 3.04. The zero-order valence-corrected chi connectivity index (χ0v) is 9.82. The standard InChI is InChI=1S/C4N12O6/c5-12-10-2-7-1(8-3(9-2)11-13-6)4(14(17)18,15(19)20)16(21)22. The number of azide groups is 2. The molecule has 0 atom stereocenters. The SMILES string of the molecule is [N-]=[N+]=Nc1nc(N=[N+]=[N-])nc(C([N+](=O)[O-])([N+](=O)[O-])[N+](=O)[O-])n1. The highest BCUT2D eigenvalue weighted by Gasteiger charge is 2.76. The van der Waals surface area contributed by atoms with Gasteiger partial charge in [-0.1, -0.05) is 0 Å². The van der Waals surface area contributed by atoms with Crippen LogP contribution in [0.25, 0.3) is 20.9 Å². The van der Waals surface area contributed by atoms with Crippen LogP contribution in [0.2, 0.25) is 0 Å². The smallest absolute Gasteiger partial charge is 0.252 e. The molecule has 0 aliphatic rings. The predicted octanol–water partition coefficient (Wildman–Crippen LogP) is 0.696. The molecule has 1 rings (SSSR count). The summed E-state index contributed by atoms with van der Waals surface area (Å²) in [6.45, 7) is 0. The third-order valence-corrected chi connectivity index (χ3v) is 1.94. The molecule has 0 aromatic carbocycles. The first-order chi connectivity index (χ1) is 10.3. The lowest BCUT2D eigenvalue weighted by Gasteiger charge is -2.07. The zero-order valence-electron chi connectivity index (χ0n) is 9.82. The van der Waals surface area contributed by atoms with Gasteiger partial charge in [0.1, 0.15) is 0 Å². The molecule has 0 unspecified atom stereocenters. The molecule has 112 valence electrons. The number of hydrogen-bond donors (Lipinski definition) is 0. The summed E-state index contributed by atoms with van der Waals surface area (Å²) in [5.41, 5.74) is 16.4. The van der Waals surface area contributed by atoms with Crippen LogP contribution in [0.1, 0.15) is 5.82 Å². The van der Waals surface area contributed by atoms with Gasteiger partial charge in [0.05, 0.1) is 0 Å². The van der Waals surface area contributed by atoms with E-state index in [1.165, 1.54) is 0 Å². The number of nitro groups is 3. The van der Waals surface area contributed by atoms with Gasteiger partial charge in [0.25, 0.3) is 0 Å². The van der Waals surface area contributed by atoms with Crippen molar-refractivity contribution in [2.24, 2.45) is 10.2 Å². The third kappa shape index (κ3) is 2.43. The second-order valence-electron chi connectivity index (χ2n) is 3.04. The molecule has 0 aliphatic carbocycles. The Morgan fingerprint density at radius 1 is 0.864 bits per heavy atom. The fraction of sp³-hybridized carbons (Fsp3) is 0.250. The molecule has 0 aliphatic heterocycles. The maximum absolute atomic E-state index is 10.9. The highest BCUT2D eigenvalue weighted by Crippen LogP contribution is 2.26. The van der Waals surface area contributed by atoms with Gasteiger partial charge in [-0.25, -0.2) is 4.98 Å². The van der Waals surface area contributed by atoms with E-state index in [-0.39, 0.29) is 0 Å². The van der Waals surface area contributed by atoms with Crippen LogP contribution in [-0.2, 0) is 5.79 Å². The van der Waals surface area contributed by atoms with Gasteiger partial charge >= 0.3 is 11.6 Å². The van der Waals surface area contributed by atoms with Gasteiger partial charge in [-0.3, -0.25) is 30.3 Å². The Balaban J connectivity index is 3.86. The second kappa shape index (κ2) is 5.86. The van der Waals surface area contributed by atoms with Crippen molar-refractivity contribution in [1.82, 2.24) is 15.0 Å². The molecule has 1 aromatic rings. The van der Waals surface area contributed by atoms with Crippen LogP contribution >= 0.6 is 0 Å². The van der Waals surface area contributed by atoms with Crippen LogP contribution in [0.4, 0.5) is 11.9 Å². The average Bonchev–Trinajstić information content (AvgIpc) is 2.38. The van der Waals surface area contributed by atoms with Crippen molar-refractivity contribution in [2.45, 2.75) is 5.79 Å². The van der Waals surface area contributed by atoms with Gasteiger partial charge in [0, 0.05) is 9.82 Å². The zero-order chi connectivity index (χ0) is 16.9. The van der Waals surface area contributed by atoms with Crippen molar-refractivity contribution >= 4 is 11.9 Å². The predicted molar refractivity (Wildman–Crippen MR) is 60.1 cm³/mol. The van der Waals surface area contributed by atoms with Crippen LogP contribution in [0, 0.1) is 30.3 Å². The Bertz CT molecular complexity index is 687. The molecule has 0 bridgehead atoms. The Labute approximate surface area is 116 Å². The van der Waals surface area contributed by atoms with Gasteiger partial charge < -0.3 is 0 Å². The van der Waals surface area contributed by atoms with Gasteiger partial charge in [-0.05, 0) is 21.3 Å². The van der Waals surface area contributed by atoms with E-state index in [2.05, 4.69) is 35.0 Å². The first-order valence-corrected chi connectivity index (χ1v) is 4.61. The summed E-state index contributed by atoms with van der Waals surface area (Å²) in [6.07, 6.45) is 0.